The first-order chi connectivity index (χ1) is 9.13. The predicted molar refractivity (Wildman–Crippen MR) is 74.5 cm³/mol. The van der Waals surface area contributed by atoms with E-state index in [9.17, 15) is 4.79 Å². The quantitative estimate of drug-likeness (QED) is 0.799. The highest BCUT2D eigenvalue weighted by molar-refractivity contribution is 5.81. The van der Waals surface area contributed by atoms with Gasteiger partial charge in [-0.05, 0) is 48.8 Å². The highest BCUT2D eigenvalue weighted by Gasteiger charge is 2.26. The molecule has 1 N–H and O–H groups in total. The smallest absolute Gasteiger partial charge is 0.328 e. The zero-order valence-electron chi connectivity index (χ0n) is 11.5. The van der Waals surface area contributed by atoms with Crippen LogP contribution in [0.4, 0.5) is 0 Å². The van der Waals surface area contributed by atoms with Crippen molar-refractivity contribution in [1.82, 2.24) is 0 Å². The molecule has 102 valence electrons. The Morgan fingerprint density at radius 2 is 2.21 bits per heavy atom. The summed E-state index contributed by atoms with van der Waals surface area (Å²) in [7, 11) is 1.67. The third kappa shape index (κ3) is 3.60. The summed E-state index contributed by atoms with van der Waals surface area (Å²) in [6.45, 7) is 2.09. The van der Waals surface area contributed by atoms with Crippen molar-refractivity contribution in [2.75, 3.05) is 7.11 Å². The van der Waals surface area contributed by atoms with Crippen LogP contribution in [-0.2, 0) is 17.6 Å². The van der Waals surface area contributed by atoms with Gasteiger partial charge in [-0.25, -0.2) is 4.79 Å². The van der Waals surface area contributed by atoms with Crippen LogP contribution in [0, 0.1) is 5.92 Å². The Kier molecular flexibility index (Phi) is 4.25. The highest BCUT2D eigenvalue weighted by atomic mass is 16.5. The third-order valence-electron chi connectivity index (χ3n) is 3.54. The maximum Gasteiger partial charge on any atom is 0.328 e. The average molecular weight is 260 g/mol. The molecule has 0 heterocycles. The summed E-state index contributed by atoms with van der Waals surface area (Å²) in [4.78, 5) is 10.9. The molecule has 0 saturated heterocycles. The van der Waals surface area contributed by atoms with E-state index in [4.69, 9.17) is 9.84 Å². The number of methoxy groups -OCH3 is 1. The lowest BCUT2D eigenvalue weighted by molar-refractivity contribution is -0.131. The summed E-state index contributed by atoms with van der Waals surface area (Å²) in [5.41, 5.74) is 3.38. The summed E-state index contributed by atoms with van der Waals surface area (Å²) in [6, 6.07) is 6.12. The molecule has 2 rings (SSSR count). The van der Waals surface area contributed by atoms with E-state index in [0.717, 1.165) is 42.6 Å². The number of ether oxygens (including phenoxy) is 1. The number of benzene rings is 1. The second-order valence-electron chi connectivity index (χ2n) is 5.01. The molecule has 0 radical (unpaired) electrons. The molecule has 0 amide bonds. The monoisotopic (exact) mass is 260 g/mol. The second kappa shape index (κ2) is 5.91. The third-order valence-corrected chi connectivity index (χ3v) is 3.54. The second-order valence-corrected chi connectivity index (χ2v) is 5.01. The van der Waals surface area contributed by atoms with E-state index in [2.05, 4.69) is 13.0 Å². The van der Waals surface area contributed by atoms with E-state index in [-0.39, 0.29) is 0 Å². The fourth-order valence-corrected chi connectivity index (χ4v) is 2.38. The molecule has 1 saturated carbocycles. The van der Waals surface area contributed by atoms with Gasteiger partial charge in [0, 0.05) is 6.08 Å². The molecule has 19 heavy (non-hydrogen) atoms. The number of hydrogen-bond acceptors (Lipinski definition) is 2. The van der Waals surface area contributed by atoms with Crippen LogP contribution >= 0.6 is 0 Å². The van der Waals surface area contributed by atoms with Gasteiger partial charge in [0.25, 0.3) is 0 Å². The minimum atomic E-state index is -0.842. The number of carboxylic acid groups (broad SMARTS) is 1. The van der Waals surface area contributed by atoms with E-state index < -0.39 is 5.97 Å². The Labute approximate surface area is 113 Å². The van der Waals surface area contributed by atoms with Crippen molar-refractivity contribution in [3.05, 3.63) is 41.0 Å². The van der Waals surface area contributed by atoms with Gasteiger partial charge in [-0.2, -0.15) is 0 Å². The largest absolute Gasteiger partial charge is 0.496 e. The first-order valence-corrected chi connectivity index (χ1v) is 6.73. The summed E-state index contributed by atoms with van der Waals surface area (Å²) in [6.07, 6.45) is 5.27. The number of aliphatic carboxylic acids is 1. The standard InChI is InChI=1S/C16H20O3/c1-3-12-8-11(4-7-15(12)19-2)9-14(10-16(17)18)13-5-6-13/h4,7-8,10,13H,3,5-6,9H2,1-2H3,(H,17,18)/b14-10-. The van der Waals surface area contributed by atoms with Gasteiger partial charge < -0.3 is 9.84 Å². The highest BCUT2D eigenvalue weighted by Crippen LogP contribution is 2.38. The average Bonchev–Trinajstić information content (AvgIpc) is 3.21. The molecule has 1 aliphatic rings. The minimum Gasteiger partial charge on any atom is -0.496 e. The van der Waals surface area contributed by atoms with Crippen LogP contribution < -0.4 is 4.74 Å². The molecule has 1 aliphatic carbocycles. The van der Waals surface area contributed by atoms with Crippen molar-refractivity contribution in [2.45, 2.75) is 32.6 Å². The summed E-state index contributed by atoms with van der Waals surface area (Å²) >= 11 is 0. The van der Waals surface area contributed by atoms with E-state index >= 15 is 0 Å². The maximum atomic E-state index is 10.9. The van der Waals surface area contributed by atoms with Crippen LogP contribution in [0.25, 0.3) is 0 Å². The number of carbonyl (C=O) groups is 1. The van der Waals surface area contributed by atoms with Gasteiger partial charge in [0.1, 0.15) is 5.75 Å². The Hall–Kier alpha value is -1.77. The molecular weight excluding hydrogens is 240 g/mol. The molecule has 0 bridgehead atoms. The van der Waals surface area contributed by atoms with Crippen molar-refractivity contribution in [2.24, 2.45) is 5.92 Å². The van der Waals surface area contributed by atoms with E-state index in [0.29, 0.717) is 5.92 Å². The lowest BCUT2D eigenvalue weighted by Crippen LogP contribution is -2.00. The molecule has 0 aromatic heterocycles. The Morgan fingerprint density at radius 3 is 2.74 bits per heavy atom. The molecule has 1 aromatic rings. The number of allylic oxidation sites excluding steroid dienone is 1. The molecule has 3 heteroatoms. The van der Waals surface area contributed by atoms with Crippen LogP contribution in [-0.4, -0.2) is 18.2 Å². The Morgan fingerprint density at radius 1 is 1.47 bits per heavy atom. The summed E-state index contributed by atoms with van der Waals surface area (Å²) < 4.78 is 5.31. The normalized spacial score (nSPS) is 15.4. The molecule has 0 spiro atoms. The van der Waals surface area contributed by atoms with Crippen LogP contribution in [0.1, 0.15) is 30.9 Å². The fraction of sp³-hybridized carbons (Fsp3) is 0.438. The first kappa shape index (κ1) is 13.7. The lowest BCUT2D eigenvalue weighted by Gasteiger charge is -2.10. The van der Waals surface area contributed by atoms with E-state index in [1.807, 2.05) is 12.1 Å². The van der Waals surface area contributed by atoms with Gasteiger partial charge in [-0.1, -0.05) is 24.6 Å². The number of aryl methyl sites for hydroxylation is 1. The predicted octanol–water partition coefficient (Wildman–Crippen LogP) is 3.22. The molecule has 1 fully saturated rings. The number of hydrogen-bond donors (Lipinski definition) is 1. The lowest BCUT2D eigenvalue weighted by atomic mass is 9.98. The topological polar surface area (TPSA) is 46.5 Å². The molecule has 0 aliphatic heterocycles. The Balaban J connectivity index is 2.19. The SMILES string of the molecule is CCc1cc(C/C(=C/C(=O)O)C2CC2)ccc1OC. The van der Waals surface area contributed by atoms with Gasteiger partial charge >= 0.3 is 5.97 Å². The Bertz CT molecular complexity index is 499. The fourth-order valence-electron chi connectivity index (χ4n) is 2.38. The van der Waals surface area contributed by atoms with Crippen LogP contribution in [0.5, 0.6) is 5.75 Å². The van der Waals surface area contributed by atoms with Gasteiger partial charge in [-0.15, -0.1) is 0 Å². The van der Waals surface area contributed by atoms with Gasteiger partial charge in [-0.3, -0.25) is 0 Å². The van der Waals surface area contributed by atoms with Gasteiger partial charge in [0.05, 0.1) is 7.11 Å². The molecule has 0 unspecified atom stereocenters. The van der Waals surface area contributed by atoms with Crippen molar-refractivity contribution in [3.63, 3.8) is 0 Å². The first-order valence-electron chi connectivity index (χ1n) is 6.73. The van der Waals surface area contributed by atoms with Crippen molar-refractivity contribution in [3.8, 4) is 5.75 Å². The van der Waals surface area contributed by atoms with Crippen LogP contribution in [0.2, 0.25) is 0 Å². The summed E-state index contributed by atoms with van der Waals surface area (Å²) in [5.74, 6) is 0.538. The molecule has 0 atom stereocenters. The maximum absolute atomic E-state index is 10.9. The van der Waals surface area contributed by atoms with Crippen LogP contribution in [0.3, 0.4) is 0 Å². The van der Waals surface area contributed by atoms with E-state index in [1.54, 1.807) is 7.11 Å². The number of carboxylic acids is 1. The van der Waals surface area contributed by atoms with Crippen molar-refractivity contribution in [1.29, 1.82) is 0 Å². The van der Waals surface area contributed by atoms with Gasteiger partial charge in [0.2, 0.25) is 0 Å². The zero-order chi connectivity index (χ0) is 13.8. The van der Waals surface area contributed by atoms with Crippen molar-refractivity contribution < 1.29 is 14.6 Å². The van der Waals surface area contributed by atoms with E-state index in [1.165, 1.54) is 11.6 Å². The minimum absolute atomic E-state index is 0.475. The summed E-state index contributed by atoms with van der Waals surface area (Å²) in [5, 5.41) is 8.93. The van der Waals surface area contributed by atoms with Crippen LogP contribution in [0.15, 0.2) is 29.8 Å². The zero-order valence-corrected chi connectivity index (χ0v) is 11.5. The molecule has 1 aromatic carbocycles. The molecular formula is C16H20O3. The van der Waals surface area contributed by atoms with Crippen molar-refractivity contribution >= 4 is 5.97 Å². The van der Waals surface area contributed by atoms with Gasteiger partial charge in [0.15, 0.2) is 0 Å². The molecule has 3 nitrogen and oxygen atoms in total. The number of rotatable bonds is 6.